The van der Waals surface area contributed by atoms with E-state index in [-0.39, 0.29) is 11.8 Å². The molecule has 0 aliphatic carbocycles. The molecule has 0 spiro atoms. The molecule has 2 rings (SSSR count). The Labute approximate surface area is 105 Å². The summed E-state index contributed by atoms with van der Waals surface area (Å²) in [5.74, 6) is -1.03. The summed E-state index contributed by atoms with van der Waals surface area (Å²) in [6.07, 6.45) is 0.634. The number of hydrogen-bond acceptors (Lipinski definition) is 5. The quantitative estimate of drug-likeness (QED) is 0.806. The van der Waals surface area contributed by atoms with E-state index < -0.39 is 5.97 Å². The van der Waals surface area contributed by atoms with Crippen molar-refractivity contribution in [2.75, 3.05) is 26.7 Å². The molecule has 1 aromatic heterocycles. The normalized spacial score (nSPS) is 21.1. The number of carboxylic acids is 1. The van der Waals surface area contributed by atoms with Crippen LogP contribution >= 0.6 is 0 Å². The Balaban J connectivity index is 2.11. The van der Waals surface area contributed by atoms with Crippen molar-refractivity contribution in [3.05, 3.63) is 11.4 Å². The number of likely N-dealkylation sites (N-methyl/N-ethyl adjacent to an activating group) is 1. The van der Waals surface area contributed by atoms with Gasteiger partial charge in [-0.05, 0) is 13.5 Å². The van der Waals surface area contributed by atoms with Crippen molar-refractivity contribution in [1.29, 1.82) is 0 Å². The number of aromatic carboxylic acids is 1. The minimum absolute atomic E-state index is 0.0393. The standard InChI is InChI=1S/C11H18N4O3/c1-3-9-10(11(16)17)12-13-15(9)7-8-6-14(2)4-5-18-8/h8H,3-7H2,1-2H3,(H,16,17). The average Bonchev–Trinajstić information content (AvgIpc) is 2.72. The van der Waals surface area contributed by atoms with Gasteiger partial charge in [0.15, 0.2) is 5.69 Å². The van der Waals surface area contributed by atoms with Gasteiger partial charge in [-0.15, -0.1) is 5.10 Å². The van der Waals surface area contributed by atoms with E-state index in [0.29, 0.717) is 25.3 Å². The van der Waals surface area contributed by atoms with E-state index in [1.807, 2.05) is 14.0 Å². The van der Waals surface area contributed by atoms with Crippen LogP contribution in [0.25, 0.3) is 0 Å². The third-order valence-electron chi connectivity index (χ3n) is 3.09. The molecule has 18 heavy (non-hydrogen) atoms. The minimum Gasteiger partial charge on any atom is -0.476 e. The van der Waals surface area contributed by atoms with E-state index >= 15 is 0 Å². The van der Waals surface area contributed by atoms with Gasteiger partial charge in [0.1, 0.15) is 0 Å². The maximum absolute atomic E-state index is 11.0. The number of rotatable bonds is 4. The summed E-state index contributed by atoms with van der Waals surface area (Å²) in [6, 6.07) is 0. The number of aromatic nitrogens is 3. The highest BCUT2D eigenvalue weighted by Gasteiger charge is 2.22. The summed E-state index contributed by atoms with van der Waals surface area (Å²) >= 11 is 0. The Kier molecular flexibility index (Phi) is 3.93. The van der Waals surface area contributed by atoms with Crippen molar-refractivity contribution in [3.63, 3.8) is 0 Å². The van der Waals surface area contributed by atoms with Gasteiger partial charge in [0.05, 0.1) is 24.9 Å². The van der Waals surface area contributed by atoms with Gasteiger partial charge in [-0.2, -0.15) is 0 Å². The zero-order valence-corrected chi connectivity index (χ0v) is 10.7. The van der Waals surface area contributed by atoms with Crippen LogP contribution in [-0.4, -0.2) is 63.8 Å². The Morgan fingerprint density at radius 3 is 3.00 bits per heavy atom. The molecule has 0 bridgehead atoms. The molecular formula is C11H18N4O3. The van der Waals surface area contributed by atoms with E-state index in [9.17, 15) is 4.79 Å². The van der Waals surface area contributed by atoms with Crippen molar-refractivity contribution in [1.82, 2.24) is 19.9 Å². The Morgan fingerprint density at radius 1 is 1.61 bits per heavy atom. The number of ether oxygens (including phenoxy) is 1. The number of hydrogen-bond donors (Lipinski definition) is 1. The molecule has 0 radical (unpaired) electrons. The highest BCUT2D eigenvalue weighted by molar-refractivity contribution is 5.86. The third kappa shape index (κ3) is 2.68. The minimum atomic E-state index is -1.03. The highest BCUT2D eigenvalue weighted by atomic mass is 16.5. The largest absolute Gasteiger partial charge is 0.476 e. The first kappa shape index (κ1) is 13.0. The van der Waals surface area contributed by atoms with Crippen molar-refractivity contribution in [3.8, 4) is 0 Å². The molecule has 1 aromatic rings. The predicted octanol–water partition coefficient (Wildman–Crippen LogP) is -0.131. The molecular weight excluding hydrogens is 236 g/mol. The van der Waals surface area contributed by atoms with Gasteiger partial charge in [0, 0.05) is 13.1 Å². The molecule has 7 heteroatoms. The lowest BCUT2D eigenvalue weighted by Gasteiger charge is -2.30. The number of nitrogens with zero attached hydrogens (tertiary/aromatic N) is 4. The van der Waals surface area contributed by atoms with E-state index in [2.05, 4.69) is 15.2 Å². The van der Waals surface area contributed by atoms with Gasteiger partial charge in [-0.3, -0.25) is 0 Å². The number of morpholine rings is 1. The monoisotopic (exact) mass is 254 g/mol. The number of carbonyl (C=O) groups is 1. The molecule has 1 atom stereocenters. The van der Waals surface area contributed by atoms with Crippen LogP contribution in [0.4, 0.5) is 0 Å². The van der Waals surface area contributed by atoms with Crippen LogP contribution in [0.2, 0.25) is 0 Å². The van der Waals surface area contributed by atoms with Crippen molar-refractivity contribution in [2.24, 2.45) is 0 Å². The maximum Gasteiger partial charge on any atom is 0.358 e. The summed E-state index contributed by atoms with van der Waals surface area (Å²) in [7, 11) is 2.04. The van der Waals surface area contributed by atoms with Crippen LogP contribution < -0.4 is 0 Å². The van der Waals surface area contributed by atoms with E-state index in [0.717, 1.165) is 13.1 Å². The number of carboxylic acid groups (broad SMARTS) is 1. The third-order valence-corrected chi connectivity index (χ3v) is 3.09. The smallest absolute Gasteiger partial charge is 0.358 e. The van der Waals surface area contributed by atoms with Crippen molar-refractivity contribution >= 4 is 5.97 Å². The summed E-state index contributed by atoms with van der Waals surface area (Å²) < 4.78 is 7.29. The summed E-state index contributed by atoms with van der Waals surface area (Å²) in [5, 5.41) is 16.6. The molecule has 1 unspecified atom stereocenters. The molecule has 7 nitrogen and oxygen atoms in total. The topological polar surface area (TPSA) is 80.5 Å². The van der Waals surface area contributed by atoms with Gasteiger partial charge in [-0.25, -0.2) is 9.48 Å². The van der Waals surface area contributed by atoms with Gasteiger partial charge < -0.3 is 14.7 Å². The Morgan fingerprint density at radius 2 is 2.39 bits per heavy atom. The van der Waals surface area contributed by atoms with Gasteiger partial charge in [0.25, 0.3) is 0 Å². The van der Waals surface area contributed by atoms with Crippen LogP contribution in [0, 0.1) is 0 Å². The van der Waals surface area contributed by atoms with Crippen molar-refractivity contribution < 1.29 is 14.6 Å². The Bertz CT molecular complexity index is 432. The fourth-order valence-electron chi connectivity index (χ4n) is 2.17. The van der Waals surface area contributed by atoms with Gasteiger partial charge in [-0.1, -0.05) is 12.1 Å². The van der Waals surface area contributed by atoms with Crippen LogP contribution in [0.15, 0.2) is 0 Å². The zero-order valence-electron chi connectivity index (χ0n) is 10.7. The van der Waals surface area contributed by atoms with E-state index in [1.54, 1.807) is 4.68 Å². The maximum atomic E-state index is 11.0. The second kappa shape index (κ2) is 5.45. The fraction of sp³-hybridized carbons (Fsp3) is 0.727. The highest BCUT2D eigenvalue weighted by Crippen LogP contribution is 2.11. The lowest BCUT2D eigenvalue weighted by atomic mass is 10.2. The van der Waals surface area contributed by atoms with Crippen LogP contribution in [0.3, 0.4) is 0 Å². The second-order valence-electron chi connectivity index (χ2n) is 4.48. The van der Waals surface area contributed by atoms with Crippen molar-refractivity contribution in [2.45, 2.75) is 26.0 Å². The molecule has 2 heterocycles. The molecule has 0 aromatic carbocycles. The summed E-state index contributed by atoms with van der Waals surface area (Å²) in [5.41, 5.74) is 0.695. The fourth-order valence-corrected chi connectivity index (χ4v) is 2.17. The lowest BCUT2D eigenvalue weighted by Crippen LogP contribution is -2.42. The molecule has 1 N–H and O–H groups in total. The van der Waals surface area contributed by atoms with Crippen LogP contribution in [0.1, 0.15) is 23.1 Å². The lowest BCUT2D eigenvalue weighted by molar-refractivity contribution is -0.0296. The van der Waals surface area contributed by atoms with Gasteiger partial charge >= 0.3 is 5.97 Å². The van der Waals surface area contributed by atoms with Crippen LogP contribution in [-0.2, 0) is 17.7 Å². The van der Waals surface area contributed by atoms with E-state index in [1.165, 1.54) is 0 Å². The first-order valence-corrected chi connectivity index (χ1v) is 6.07. The molecule has 1 fully saturated rings. The van der Waals surface area contributed by atoms with Gasteiger partial charge in [0.2, 0.25) is 0 Å². The second-order valence-corrected chi connectivity index (χ2v) is 4.48. The summed E-state index contributed by atoms with van der Waals surface area (Å²) in [4.78, 5) is 13.2. The van der Waals surface area contributed by atoms with E-state index in [4.69, 9.17) is 9.84 Å². The Hall–Kier alpha value is -1.47. The molecule has 100 valence electrons. The summed E-state index contributed by atoms with van der Waals surface area (Å²) in [6.45, 7) is 4.90. The molecule has 1 saturated heterocycles. The SMILES string of the molecule is CCc1c(C(=O)O)nnn1CC1CN(C)CCO1. The molecule has 0 amide bonds. The molecule has 1 aliphatic rings. The first-order chi connectivity index (χ1) is 8.61. The first-order valence-electron chi connectivity index (χ1n) is 6.07. The van der Waals surface area contributed by atoms with Crippen LogP contribution in [0.5, 0.6) is 0 Å². The average molecular weight is 254 g/mol. The zero-order chi connectivity index (χ0) is 13.1. The molecule has 0 saturated carbocycles. The molecule has 1 aliphatic heterocycles. The predicted molar refractivity (Wildman–Crippen MR) is 63.6 cm³/mol.